The average molecular weight is 414 g/mol. The van der Waals surface area contributed by atoms with E-state index < -0.39 is 0 Å². The van der Waals surface area contributed by atoms with E-state index in [2.05, 4.69) is 35.1 Å². The Hall–Kier alpha value is -4.05. The van der Waals surface area contributed by atoms with E-state index in [0.717, 1.165) is 38.2 Å². The minimum atomic E-state index is -0.263. The molecule has 0 saturated carbocycles. The van der Waals surface area contributed by atoms with Gasteiger partial charge in [-0.1, -0.05) is 0 Å². The lowest BCUT2D eigenvalue weighted by molar-refractivity contribution is 0.657. The van der Waals surface area contributed by atoms with Gasteiger partial charge in [0.25, 0.3) is 0 Å². The van der Waals surface area contributed by atoms with Crippen LogP contribution in [0.15, 0.2) is 55.4 Å². The molecule has 0 unspecified atom stereocenters. The van der Waals surface area contributed by atoms with Crippen molar-refractivity contribution in [3.05, 3.63) is 60.5 Å². The Morgan fingerprint density at radius 2 is 1.83 bits per heavy atom. The van der Waals surface area contributed by atoms with E-state index in [0.29, 0.717) is 28.4 Å². The van der Waals surface area contributed by atoms with E-state index in [9.17, 15) is 4.39 Å². The highest BCUT2D eigenvalue weighted by Gasteiger charge is 2.17. The van der Waals surface area contributed by atoms with E-state index >= 15 is 0 Å². The quantitative estimate of drug-likeness (QED) is 0.449. The number of hydrogen-bond acceptors (Lipinski definition) is 7. The fourth-order valence-electron chi connectivity index (χ4n) is 3.36. The number of aromatic amines is 2. The zero-order chi connectivity index (χ0) is 20.1. The summed E-state index contributed by atoms with van der Waals surface area (Å²) in [5.74, 6) is 0.575. The Morgan fingerprint density at radius 3 is 2.67 bits per heavy atom. The lowest BCUT2D eigenvalue weighted by Crippen LogP contribution is -1.86. The summed E-state index contributed by atoms with van der Waals surface area (Å²) in [5, 5.41) is 7.91. The van der Waals surface area contributed by atoms with Crippen LogP contribution in [0.25, 0.3) is 55.3 Å². The number of nitrogens with one attached hydrogen (secondary N) is 2. The second-order valence-electron chi connectivity index (χ2n) is 6.56. The Kier molecular flexibility index (Phi) is 3.65. The average Bonchev–Trinajstić information content (AvgIpc) is 3.51. The number of nitrogens with zero attached hydrogens (tertiary/aromatic N) is 6. The van der Waals surface area contributed by atoms with Gasteiger partial charge in [0.2, 0.25) is 0 Å². The van der Waals surface area contributed by atoms with Crippen LogP contribution in [0.1, 0.15) is 0 Å². The molecule has 0 spiro atoms. The largest absolute Gasteiger partial charge is 0.336 e. The first kappa shape index (κ1) is 16.9. The molecule has 8 nitrogen and oxygen atoms in total. The highest BCUT2D eigenvalue weighted by molar-refractivity contribution is 7.13. The van der Waals surface area contributed by atoms with Gasteiger partial charge in [0.1, 0.15) is 23.2 Å². The van der Waals surface area contributed by atoms with Crippen molar-refractivity contribution in [1.29, 1.82) is 0 Å². The second kappa shape index (κ2) is 6.49. The van der Waals surface area contributed by atoms with Crippen LogP contribution in [-0.4, -0.2) is 40.1 Å². The van der Waals surface area contributed by atoms with E-state index in [1.54, 1.807) is 30.9 Å². The monoisotopic (exact) mass is 414 g/mol. The Balaban J connectivity index is 1.52. The summed E-state index contributed by atoms with van der Waals surface area (Å²) < 4.78 is 13.5. The normalized spacial score (nSPS) is 11.5. The molecule has 0 aliphatic carbocycles. The van der Waals surface area contributed by atoms with Crippen molar-refractivity contribution in [2.75, 3.05) is 0 Å². The lowest BCUT2D eigenvalue weighted by Gasteiger charge is -2.00. The summed E-state index contributed by atoms with van der Waals surface area (Å²) in [7, 11) is 0. The standard InChI is InChI=1S/C20H11FN8S/c21-15-2-1-14(30-15)18-17-13(3-4-24-18)26-20(27-17)16-12-5-10(8-25-19(12)29-28-16)11-6-22-9-23-7-11/h1-9H,(H,26,27)(H,25,28,29). The van der Waals surface area contributed by atoms with Gasteiger partial charge in [-0.2, -0.15) is 9.49 Å². The first-order chi connectivity index (χ1) is 14.8. The van der Waals surface area contributed by atoms with Crippen molar-refractivity contribution in [2.24, 2.45) is 0 Å². The van der Waals surface area contributed by atoms with E-state index in [-0.39, 0.29) is 5.13 Å². The van der Waals surface area contributed by atoms with Gasteiger partial charge >= 0.3 is 0 Å². The van der Waals surface area contributed by atoms with Crippen LogP contribution in [0.4, 0.5) is 4.39 Å². The summed E-state index contributed by atoms with van der Waals surface area (Å²) in [6.45, 7) is 0. The number of fused-ring (bicyclic) bond motifs is 2. The second-order valence-corrected chi connectivity index (χ2v) is 7.60. The van der Waals surface area contributed by atoms with Crippen molar-refractivity contribution in [2.45, 2.75) is 0 Å². The minimum absolute atomic E-state index is 0.263. The number of H-pyrrole nitrogens is 2. The number of hydrogen-bond donors (Lipinski definition) is 2. The van der Waals surface area contributed by atoms with E-state index in [1.165, 1.54) is 12.4 Å². The zero-order valence-electron chi connectivity index (χ0n) is 15.2. The van der Waals surface area contributed by atoms with Gasteiger partial charge in [0, 0.05) is 35.9 Å². The van der Waals surface area contributed by atoms with Crippen LogP contribution in [0, 0.1) is 5.13 Å². The van der Waals surface area contributed by atoms with Crippen LogP contribution in [-0.2, 0) is 0 Å². The molecule has 0 amide bonds. The third-order valence-corrected chi connectivity index (χ3v) is 5.62. The summed E-state index contributed by atoms with van der Waals surface area (Å²) in [6.07, 6.45) is 8.37. The van der Waals surface area contributed by atoms with Gasteiger partial charge in [-0.25, -0.2) is 19.9 Å². The van der Waals surface area contributed by atoms with Crippen LogP contribution < -0.4 is 0 Å². The van der Waals surface area contributed by atoms with Gasteiger partial charge in [-0.3, -0.25) is 10.1 Å². The molecule has 0 bridgehead atoms. The van der Waals surface area contributed by atoms with Crippen LogP contribution >= 0.6 is 11.3 Å². The van der Waals surface area contributed by atoms with Crippen molar-refractivity contribution < 1.29 is 4.39 Å². The molecule has 0 aliphatic heterocycles. The van der Waals surface area contributed by atoms with Crippen molar-refractivity contribution in [1.82, 2.24) is 40.1 Å². The van der Waals surface area contributed by atoms with Crippen LogP contribution in [0.5, 0.6) is 0 Å². The fraction of sp³-hybridized carbons (Fsp3) is 0. The molecule has 144 valence electrons. The highest BCUT2D eigenvalue weighted by atomic mass is 32.1. The Labute approximate surface area is 171 Å². The molecule has 6 aromatic rings. The predicted molar refractivity (Wildman–Crippen MR) is 111 cm³/mol. The summed E-state index contributed by atoms with van der Waals surface area (Å²) in [6, 6.07) is 6.94. The third-order valence-electron chi connectivity index (χ3n) is 4.74. The number of rotatable bonds is 3. The maximum Gasteiger partial charge on any atom is 0.177 e. The predicted octanol–water partition coefficient (Wildman–Crippen LogP) is 4.22. The number of pyridine rings is 2. The number of halogens is 1. The molecule has 6 heterocycles. The van der Waals surface area contributed by atoms with Gasteiger partial charge in [0.05, 0.1) is 15.8 Å². The first-order valence-corrected chi connectivity index (χ1v) is 9.78. The molecule has 0 aliphatic rings. The summed E-state index contributed by atoms with van der Waals surface area (Å²) in [5.41, 5.74) is 5.09. The van der Waals surface area contributed by atoms with E-state index in [1.807, 2.05) is 12.1 Å². The van der Waals surface area contributed by atoms with Crippen molar-refractivity contribution in [3.8, 4) is 33.2 Å². The van der Waals surface area contributed by atoms with Gasteiger partial charge in [-0.15, -0.1) is 11.3 Å². The van der Waals surface area contributed by atoms with Crippen molar-refractivity contribution >= 4 is 33.4 Å². The number of imidazole rings is 1. The smallest absolute Gasteiger partial charge is 0.177 e. The van der Waals surface area contributed by atoms with Gasteiger partial charge < -0.3 is 4.98 Å². The Bertz CT molecular complexity index is 1520. The number of thiophene rings is 1. The number of aromatic nitrogens is 8. The lowest BCUT2D eigenvalue weighted by atomic mass is 10.1. The summed E-state index contributed by atoms with van der Waals surface area (Å²) >= 11 is 1.04. The zero-order valence-corrected chi connectivity index (χ0v) is 16.0. The van der Waals surface area contributed by atoms with Gasteiger partial charge in [-0.05, 0) is 24.3 Å². The maximum atomic E-state index is 13.5. The molecule has 30 heavy (non-hydrogen) atoms. The summed E-state index contributed by atoms with van der Waals surface area (Å²) in [4.78, 5) is 25.7. The molecule has 0 atom stereocenters. The van der Waals surface area contributed by atoms with E-state index in [4.69, 9.17) is 4.98 Å². The fourth-order valence-corrected chi connectivity index (χ4v) is 4.09. The highest BCUT2D eigenvalue weighted by Crippen LogP contribution is 2.33. The SMILES string of the molecule is Fc1ccc(-c2nccc3[nH]c(-c4n[nH]c5ncc(-c6cncnc6)cc45)nc23)s1. The molecule has 6 rings (SSSR count). The third kappa shape index (κ3) is 2.65. The molecule has 0 aromatic carbocycles. The van der Waals surface area contributed by atoms with Crippen molar-refractivity contribution in [3.63, 3.8) is 0 Å². The first-order valence-electron chi connectivity index (χ1n) is 8.96. The molecule has 6 aromatic heterocycles. The van der Waals surface area contributed by atoms with Crippen LogP contribution in [0.2, 0.25) is 0 Å². The molecule has 10 heteroatoms. The maximum absolute atomic E-state index is 13.5. The molecule has 2 N–H and O–H groups in total. The minimum Gasteiger partial charge on any atom is -0.336 e. The topological polar surface area (TPSA) is 109 Å². The molecule has 0 fully saturated rings. The van der Waals surface area contributed by atoms with Gasteiger partial charge in [0.15, 0.2) is 16.6 Å². The molecular formula is C20H11FN8S. The van der Waals surface area contributed by atoms with Crippen LogP contribution in [0.3, 0.4) is 0 Å². The molecule has 0 saturated heterocycles. The molecule has 0 radical (unpaired) electrons. The molecular weight excluding hydrogens is 403 g/mol. The Morgan fingerprint density at radius 1 is 0.933 bits per heavy atom.